The minimum Gasteiger partial charge on any atom is -0.467 e. The van der Waals surface area contributed by atoms with E-state index in [1.54, 1.807) is 35.2 Å². The first kappa shape index (κ1) is 16.0. The van der Waals surface area contributed by atoms with Gasteiger partial charge in [-0.15, -0.1) is 11.3 Å². The first-order valence-electron chi connectivity index (χ1n) is 7.87. The van der Waals surface area contributed by atoms with Crippen molar-refractivity contribution in [3.05, 3.63) is 40.7 Å². The Bertz CT molecular complexity index is 600. The van der Waals surface area contributed by atoms with Gasteiger partial charge in [-0.2, -0.15) is 0 Å². The lowest BCUT2D eigenvalue weighted by molar-refractivity contribution is 0.108. The number of urea groups is 1. The predicted octanol–water partition coefficient (Wildman–Crippen LogP) is 2.58. The maximum Gasteiger partial charge on any atom is 0.317 e. The molecule has 1 saturated heterocycles. The Hall–Kier alpha value is -1.86. The summed E-state index contributed by atoms with van der Waals surface area (Å²) in [6, 6.07) is 3.51. The Morgan fingerprint density at radius 2 is 2.52 bits per heavy atom. The molecule has 23 heavy (non-hydrogen) atoms. The van der Waals surface area contributed by atoms with E-state index in [1.807, 2.05) is 10.3 Å². The van der Waals surface area contributed by atoms with Crippen LogP contribution in [0, 0.1) is 0 Å². The molecule has 2 atom stereocenters. The molecule has 2 amide bonds. The summed E-state index contributed by atoms with van der Waals surface area (Å²) in [5, 5.41) is 15.1. The van der Waals surface area contributed by atoms with Gasteiger partial charge in [-0.05, 0) is 25.0 Å². The van der Waals surface area contributed by atoms with Crippen LogP contribution in [0.1, 0.15) is 36.8 Å². The number of aromatic nitrogens is 1. The lowest BCUT2D eigenvalue weighted by atomic mass is 10.1. The number of carbonyl (C=O) groups is 1. The summed E-state index contributed by atoms with van der Waals surface area (Å²) in [5.74, 6) is 0.556. The van der Waals surface area contributed by atoms with E-state index in [0.717, 1.165) is 31.5 Å². The van der Waals surface area contributed by atoms with E-state index >= 15 is 0 Å². The van der Waals surface area contributed by atoms with Crippen molar-refractivity contribution >= 4 is 17.4 Å². The molecule has 3 rings (SSSR count). The van der Waals surface area contributed by atoms with Gasteiger partial charge in [0.25, 0.3) is 0 Å². The highest BCUT2D eigenvalue weighted by Gasteiger charge is 2.31. The molecule has 1 aliphatic rings. The molecule has 0 radical (unpaired) electrons. The first-order valence-corrected chi connectivity index (χ1v) is 8.81. The van der Waals surface area contributed by atoms with Crippen LogP contribution in [0.4, 0.5) is 4.79 Å². The number of amides is 2. The quantitative estimate of drug-likeness (QED) is 0.850. The third kappa shape index (κ3) is 4.11. The van der Waals surface area contributed by atoms with E-state index in [2.05, 4.69) is 10.3 Å². The van der Waals surface area contributed by atoms with Crippen molar-refractivity contribution in [1.29, 1.82) is 0 Å². The average Bonchev–Trinajstić information content (AvgIpc) is 3.29. The Morgan fingerprint density at radius 1 is 1.61 bits per heavy atom. The van der Waals surface area contributed by atoms with Crippen molar-refractivity contribution < 1.29 is 14.3 Å². The molecule has 2 aromatic rings. The van der Waals surface area contributed by atoms with Crippen LogP contribution in [0.2, 0.25) is 0 Å². The summed E-state index contributed by atoms with van der Waals surface area (Å²) < 4.78 is 5.23. The zero-order chi connectivity index (χ0) is 16.1. The molecule has 1 aliphatic heterocycles. The maximum atomic E-state index is 12.3. The summed E-state index contributed by atoms with van der Waals surface area (Å²) in [7, 11) is 0. The fourth-order valence-corrected chi connectivity index (χ4v) is 3.56. The summed E-state index contributed by atoms with van der Waals surface area (Å²) >= 11 is 1.56. The zero-order valence-electron chi connectivity index (χ0n) is 12.9. The molecule has 124 valence electrons. The maximum absolute atomic E-state index is 12.3. The Balaban J connectivity index is 1.48. The van der Waals surface area contributed by atoms with Crippen LogP contribution in [0.15, 0.2) is 33.7 Å². The van der Waals surface area contributed by atoms with Crippen molar-refractivity contribution in [1.82, 2.24) is 15.2 Å². The second kappa shape index (κ2) is 7.61. The van der Waals surface area contributed by atoms with Gasteiger partial charge in [-0.1, -0.05) is 0 Å². The molecular weight excluding hydrogens is 314 g/mol. The highest BCUT2D eigenvalue weighted by atomic mass is 32.1. The number of nitrogens with zero attached hydrogens (tertiary/aromatic N) is 2. The smallest absolute Gasteiger partial charge is 0.317 e. The van der Waals surface area contributed by atoms with E-state index in [-0.39, 0.29) is 12.1 Å². The molecule has 0 bridgehead atoms. The van der Waals surface area contributed by atoms with E-state index < -0.39 is 6.10 Å². The molecule has 3 heterocycles. The normalized spacial score (nSPS) is 19.0. The largest absolute Gasteiger partial charge is 0.467 e. The molecule has 0 aromatic carbocycles. The number of nitrogens with one attached hydrogen (secondary N) is 1. The molecule has 6 nitrogen and oxygen atoms in total. The lowest BCUT2D eigenvalue weighted by Gasteiger charge is -2.26. The molecule has 1 fully saturated rings. The van der Waals surface area contributed by atoms with Crippen LogP contribution in [-0.2, 0) is 6.42 Å². The van der Waals surface area contributed by atoms with Gasteiger partial charge in [0, 0.05) is 37.4 Å². The minimum atomic E-state index is -0.668. The second-order valence-corrected chi connectivity index (χ2v) is 6.44. The number of furan rings is 1. The summed E-state index contributed by atoms with van der Waals surface area (Å²) in [5.41, 5.74) is 2.80. The Morgan fingerprint density at radius 3 is 3.26 bits per heavy atom. The van der Waals surface area contributed by atoms with Crippen molar-refractivity contribution in [2.45, 2.75) is 37.8 Å². The molecule has 0 spiro atoms. The number of likely N-dealkylation sites (tertiary alicyclic amines) is 1. The number of aliphatic hydroxyl groups is 1. The van der Waals surface area contributed by atoms with Crippen LogP contribution in [0.25, 0.3) is 0 Å². The zero-order valence-corrected chi connectivity index (χ0v) is 13.7. The monoisotopic (exact) mass is 335 g/mol. The van der Waals surface area contributed by atoms with Crippen LogP contribution >= 0.6 is 11.3 Å². The fourth-order valence-electron chi connectivity index (χ4n) is 2.96. The third-order valence-corrected chi connectivity index (χ3v) is 4.78. The summed E-state index contributed by atoms with van der Waals surface area (Å²) in [6.45, 7) is 1.31. The number of hydrogen-bond donors (Lipinski definition) is 2. The van der Waals surface area contributed by atoms with Crippen LogP contribution in [0.5, 0.6) is 0 Å². The standard InChI is InChI=1S/C16H21N3O3S/c20-14(15-4-2-8-22-15)9-13-3-1-7-19(13)16(21)17-6-5-12-10-23-11-18-12/h2,4,8,10-11,13-14,20H,1,3,5-7,9H2,(H,17,21). The van der Waals surface area contributed by atoms with E-state index in [9.17, 15) is 9.90 Å². The van der Waals surface area contributed by atoms with Gasteiger partial charge in [0.2, 0.25) is 0 Å². The molecule has 2 unspecified atom stereocenters. The SMILES string of the molecule is O=C(NCCc1cscn1)N1CCCC1CC(O)c1ccco1. The molecule has 2 N–H and O–H groups in total. The number of rotatable bonds is 6. The Labute approximate surface area is 139 Å². The van der Waals surface area contributed by atoms with E-state index in [1.165, 1.54) is 0 Å². The van der Waals surface area contributed by atoms with Crippen molar-refractivity contribution in [3.8, 4) is 0 Å². The topological polar surface area (TPSA) is 78.6 Å². The summed E-state index contributed by atoms with van der Waals surface area (Å²) in [4.78, 5) is 18.4. The molecule has 7 heteroatoms. The number of hydrogen-bond acceptors (Lipinski definition) is 5. The average molecular weight is 335 g/mol. The Kier molecular flexibility index (Phi) is 5.30. The van der Waals surface area contributed by atoms with Gasteiger partial charge in [0.15, 0.2) is 0 Å². The molecule has 2 aromatic heterocycles. The first-order chi connectivity index (χ1) is 11.2. The van der Waals surface area contributed by atoms with Crippen molar-refractivity contribution in [2.75, 3.05) is 13.1 Å². The van der Waals surface area contributed by atoms with Gasteiger partial charge in [0.1, 0.15) is 11.9 Å². The molecule has 0 aliphatic carbocycles. The van der Waals surface area contributed by atoms with Crippen LogP contribution < -0.4 is 5.32 Å². The van der Waals surface area contributed by atoms with E-state index in [0.29, 0.717) is 18.7 Å². The second-order valence-electron chi connectivity index (χ2n) is 5.72. The molecular formula is C16H21N3O3S. The number of carbonyl (C=O) groups excluding carboxylic acids is 1. The highest BCUT2D eigenvalue weighted by molar-refractivity contribution is 7.07. The third-order valence-electron chi connectivity index (χ3n) is 4.15. The van der Waals surface area contributed by atoms with Crippen LogP contribution in [-0.4, -0.2) is 40.2 Å². The van der Waals surface area contributed by atoms with Gasteiger partial charge >= 0.3 is 6.03 Å². The predicted molar refractivity (Wildman–Crippen MR) is 87.2 cm³/mol. The lowest BCUT2D eigenvalue weighted by Crippen LogP contribution is -2.43. The van der Waals surface area contributed by atoms with Crippen LogP contribution in [0.3, 0.4) is 0 Å². The van der Waals surface area contributed by atoms with Crippen molar-refractivity contribution in [2.24, 2.45) is 0 Å². The van der Waals surface area contributed by atoms with Gasteiger partial charge in [-0.3, -0.25) is 0 Å². The molecule has 0 saturated carbocycles. The number of thiazole rings is 1. The fraction of sp³-hybridized carbons (Fsp3) is 0.500. The highest BCUT2D eigenvalue weighted by Crippen LogP contribution is 2.27. The minimum absolute atomic E-state index is 0.0503. The number of aliphatic hydroxyl groups excluding tert-OH is 1. The van der Waals surface area contributed by atoms with Gasteiger partial charge in [0.05, 0.1) is 17.5 Å². The summed E-state index contributed by atoms with van der Waals surface area (Å²) in [6.07, 6.45) is 4.01. The van der Waals surface area contributed by atoms with Gasteiger partial charge < -0.3 is 19.7 Å². The van der Waals surface area contributed by atoms with E-state index in [4.69, 9.17) is 4.42 Å². The van der Waals surface area contributed by atoms with Gasteiger partial charge in [-0.25, -0.2) is 9.78 Å². The van der Waals surface area contributed by atoms with Crippen molar-refractivity contribution in [3.63, 3.8) is 0 Å².